The van der Waals surface area contributed by atoms with Crippen molar-refractivity contribution >= 4 is 27.3 Å². The van der Waals surface area contributed by atoms with Gasteiger partial charge in [-0.25, -0.2) is 4.39 Å². The molecular formula is C13H13BrFNS. The highest BCUT2D eigenvalue weighted by Crippen LogP contribution is 2.32. The largest absolute Gasteiger partial charge is 0.320 e. The number of hydrogen-bond acceptors (Lipinski definition) is 2. The molecule has 1 unspecified atom stereocenters. The van der Waals surface area contributed by atoms with E-state index in [0.29, 0.717) is 5.56 Å². The fourth-order valence-electron chi connectivity index (χ4n) is 1.75. The van der Waals surface area contributed by atoms with Crippen molar-refractivity contribution in [2.75, 3.05) is 0 Å². The zero-order valence-corrected chi connectivity index (χ0v) is 12.0. The predicted molar refractivity (Wildman–Crippen MR) is 73.9 cm³/mol. The molecule has 0 radical (unpaired) electrons. The van der Waals surface area contributed by atoms with Gasteiger partial charge in [-0.1, -0.05) is 12.1 Å². The van der Waals surface area contributed by atoms with Gasteiger partial charge in [-0.05, 0) is 58.6 Å². The van der Waals surface area contributed by atoms with Crippen molar-refractivity contribution in [1.82, 2.24) is 0 Å². The third kappa shape index (κ3) is 2.59. The Bertz CT molecular complexity index is 550. The molecule has 1 atom stereocenters. The predicted octanol–water partition coefficient (Wildman–Crippen LogP) is 4.31. The van der Waals surface area contributed by atoms with E-state index in [1.807, 2.05) is 19.1 Å². The van der Waals surface area contributed by atoms with Gasteiger partial charge >= 0.3 is 0 Å². The SMILES string of the molecule is Cc1ccc(C(N)c2cc(Br)sc2C)cc1F. The lowest BCUT2D eigenvalue weighted by molar-refractivity contribution is 0.614. The van der Waals surface area contributed by atoms with Gasteiger partial charge in [-0.3, -0.25) is 0 Å². The molecule has 0 aliphatic carbocycles. The van der Waals surface area contributed by atoms with E-state index in [9.17, 15) is 4.39 Å². The highest BCUT2D eigenvalue weighted by molar-refractivity contribution is 9.11. The summed E-state index contributed by atoms with van der Waals surface area (Å²) in [7, 11) is 0. The zero-order valence-electron chi connectivity index (χ0n) is 9.63. The van der Waals surface area contributed by atoms with Crippen LogP contribution in [-0.2, 0) is 0 Å². The number of benzene rings is 1. The van der Waals surface area contributed by atoms with Crippen molar-refractivity contribution in [3.8, 4) is 0 Å². The Morgan fingerprint density at radius 1 is 1.29 bits per heavy atom. The van der Waals surface area contributed by atoms with Gasteiger partial charge in [-0.15, -0.1) is 11.3 Å². The Balaban J connectivity index is 2.40. The van der Waals surface area contributed by atoms with E-state index in [-0.39, 0.29) is 11.9 Å². The van der Waals surface area contributed by atoms with Crippen molar-refractivity contribution in [2.24, 2.45) is 5.73 Å². The highest BCUT2D eigenvalue weighted by atomic mass is 79.9. The molecule has 0 saturated carbocycles. The van der Waals surface area contributed by atoms with Gasteiger partial charge in [0.2, 0.25) is 0 Å². The Kier molecular flexibility index (Phi) is 3.66. The quantitative estimate of drug-likeness (QED) is 0.878. The van der Waals surface area contributed by atoms with Crippen LogP contribution in [0, 0.1) is 19.7 Å². The standard InChI is InChI=1S/C13H13BrFNS/c1-7-3-4-9(5-11(7)15)13(16)10-6-12(14)17-8(10)2/h3-6,13H,16H2,1-2H3. The van der Waals surface area contributed by atoms with Gasteiger partial charge in [0.05, 0.1) is 9.83 Å². The van der Waals surface area contributed by atoms with Crippen molar-refractivity contribution < 1.29 is 4.39 Å². The maximum atomic E-state index is 13.5. The van der Waals surface area contributed by atoms with Crippen LogP contribution in [-0.4, -0.2) is 0 Å². The maximum absolute atomic E-state index is 13.5. The van der Waals surface area contributed by atoms with Crippen LogP contribution in [0.1, 0.15) is 27.6 Å². The number of nitrogens with two attached hydrogens (primary N) is 1. The lowest BCUT2D eigenvalue weighted by atomic mass is 9.99. The molecule has 1 aromatic carbocycles. The lowest BCUT2D eigenvalue weighted by Gasteiger charge is -2.12. The van der Waals surface area contributed by atoms with E-state index in [4.69, 9.17) is 5.73 Å². The maximum Gasteiger partial charge on any atom is 0.126 e. The summed E-state index contributed by atoms with van der Waals surface area (Å²) >= 11 is 5.08. The minimum absolute atomic E-state index is 0.204. The lowest BCUT2D eigenvalue weighted by Crippen LogP contribution is -2.12. The number of aryl methyl sites for hydroxylation is 2. The molecular weight excluding hydrogens is 301 g/mol. The van der Waals surface area contributed by atoms with Gasteiger partial charge in [0, 0.05) is 4.88 Å². The minimum Gasteiger partial charge on any atom is -0.320 e. The molecule has 2 rings (SSSR count). The minimum atomic E-state index is -0.271. The monoisotopic (exact) mass is 313 g/mol. The number of rotatable bonds is 2. The molecule has 2 aromatic rings. The summed E-state index contributed by atoms with van der Waals surface area (Å²) in [6, 6.07) is 6.90. The second-order valence-corrected chi connectivity index (χ2v) is 6.68. The van der Waals surface area contributed by atoms with E-state index in [2.05, 4.69) is 15.9 Å². The van der Waals surface area contributed by atoms with Gasteiger partial charge in [0.1, 0.15) is 5.82 Å². The van der Waals surface area contributed by atoms with E-state index in [1.54, 1.807) is 24.3 Å². The second kappa shape index (κ2) is 4.88. The average molecular weight is 314 g/mol. The molecule has 0 amide bonds. The summed E-state index contributed by atoms with van der Waals surface area (Å²) in [5.74, 6) is -0.204. The molecule has 0 fully saturated rings. The summed E-state index contributed by atoms with van der Waals surface area (Å²) in [5.41, 5.74) is 8.66. The van der Waals surface area contributed by atoms with Crippen LogP contribution in [0.3, 0.4) is 0 Å². The van der Waals surface area contributed by atoms with Crippen LogP contribution in [0.4, 0.5) is 4.39 Å². The molecule has 2 N–H and O–H groups in total. The van der Waals surface area contributed by atoms with Gasteiger partial charge in [0.25, 0.3) is 0 Å². The van der Waals surface area contributed by atoms with Crippen molar-refractivity contribution in [1.29, 1.82) is 0 Å². The fraction of sp³-hybridized carbons (Fsp3) is 0.231. The van der Waals surface area contributed by atoms with Crippen molar-refractivity contribution in [2.45, 2.75) is 19.9 Å². The van der Waals surface area contributed by atoms with Crippen molar-refractivity contribution in [3.63, 3.8) is 0 Å². The zero-order chi connectivity index (χ0) is 12.6. The smallest absolute Gasteiger partial charge is 0.126 e. The van der Waals surface area contributed by atoms with Gasteiger partial charge in [-0.2, -0.15) is 0 Å². The van der Waals surface area contributed by atoms with E-state index >= 15 is 0 Å². The molecule has 1 aromatic heterocycles. The Morgan fingerprint density at radius 2 is 2.00 bits per heavy atom. The third-order valence-corrected chi connectivity index (χ3v) is 4.39. The summed E-state index contributed by atoms with van der Waals surface area (Å²) in [6.07, 6.45) is 0. The number of thiophene rings is 1. The van der Waals surface area contributed by atoms with Crippen LogP contribution < -0.4 is 5.73 Å². The highest BCUT2D eigenvalue weighted by Gasteiger charge is 2.15. The normalized spacial score (nSPS) is 12.8. The van der Waals surface area contributed by atoms with E-state index in [1.165, 1.54) is 6.07 Å². The van der Waals surface area contributed by atoms with Crippen molar-refractivity contribution in [3.05, 3.63) is 55.4 Å². The first-order valence-electron chi connectivity index (χ1n) is 5.26. The Hall–Kier alpha value is -0.710. The summed E-state index contributed by atoms with van der Waals surface area (Å²) in [4.78, 5) is 1.16. The summed E-state index contributed by atoms with van der Waals surface area (Å²) < 4.78 is 14.5. The Morgan fingerprint density at radius 3 is 2.53 bits per heavy atom. The molecule has 17 heavy (non-hydrogen) atoms. The molecule has 0 aliphatic heterocycles. The van der Waals surface area contributed by atoms with Crippen LogP contribution in [0.15, 0.2) is 28.1 Å². The summed E-state index contributed by atoms with van der Waals surface area (Å²) in [5, 5.41) is 0. The first kappa shape index (κ1) is 12.7. The van der Waals surface area contributed by atoms with Crippen LogP contribution >= 0.6 is 27.3 Å². The molecule has 1 nitrogen and oxygen atoms in total. The van der Waals surface area contributed by atoms with Crippen LogP contribution in [0.25, 0.3) is 0 Å². The van der Waals surface area contributed by atoms with Gasteiger partial charge < -0.3 is 5.73 Å². The molecule has 4 heteroatoms. The van der Waals surface area contributed by atoms with Crippen LogP contribution in [0.2, 0.25) is 0 Å². The van der Waals surface area contributed by atoms with Crippen LogP contribution in [0.5, 0.6) is 0 Å². The number of halogens is 2. The average Bonchev–Trinajstić information content (AvgIpc) is 2.61. The first-order chi connectivity index (χ1) is 7.99. The molecule has 1 heterocycles. The summed E-state index contributed by atoms with van der Waals surface area (Å²) in [6.45, 7) is 3.77. The van der Waals surface area contributed by atoms with E-state index < -0.39 is 0 Å². The molecule has 0 bridgehead atoms. The molecule has 0 spiro atoms. The fourth-order valence-corrected chi connectivity index (χ4v) is 3.51. The molecule has 0 saturated heterocycles. The molecule has 0 aliphatic rings. The van der Waals surface area contributed by atoms with Gasteiger partial charge in [0.15, 0.2) is 0 Å². The molecule has 90 valence electrons. The van der Waals surface area contributed by atoms with E-state index in [0.717, 1.165) is 19.8 Å². The first-order valence-corrected chi connectivity index (χ1v) is 6.87. The Labute approximate surface area is 113 Å². The number of hydrogen-bond donors (Lipinski definition) is 1. The third-order valence-electron chi connectivity index (χ3n) is 2.82. The second-order valence-electron chi connectivity index (χ2n) is 4.05. The topological polar surface area (TPSA) is 26.0 Å².